The summed E-state index contributed by atoms with van der Waals surface area (Å²) >= 11 is 0. The van der Waals surface area contributed by atoms with E-state index >= 15 is 0 Å². The van der Waals surface area contributed by atoms with Crippen LogP contribution in [0.25, 0.3) is 0 Å². The van der Waals surface area contributed by atoms with E-state index in [2.05, 4.69) is 16.0 Å². The average Bonchev–Trinajstić information content (AvgIpc) is 3.26. The molecule has 378 valence electrons. The Kier molecular flexibility index (Phi) is 20.9. The Hall–Kier alpha value is -2.51. The molecule has 0 radical (unpaired) electrons. The molecule has 29 nitrogen and oxygen atoms in total. The third kappa shape index (κ3) is 13.0. The summed E-state index contributed by atoms with van der Waals surface area (Å²) in [5, 5.41) is 166. The van der Waals surface area contributed by atoms with E-state index in [1.54, 1.807) is 0 Å². The second-order valence-electron chi connectivity index (χ2n) is 15.9. The number of carbonyl (C=O) groups excluding carboxylic acids is 3. The highest BCUT2D eigenvalue weighted by Gasteiger charge is 2.56. The monoisotopic (exact) mass is 953 g/mol. The van der Waals surface area contributed by atoms with E-state index in [1.807, 2.05) is 0 Å². The van der Waals surface area contributed by atoms with Crippen molar-refractivity contribution in [2.75, 3.05) is 39.6 Å². The highest BCUT2D eigenvalue weighted by atomic mass is 16.8. The molecule has 0 saturated carbocycles. The van der Waals surface area contributed by atoms with Crippen LogP contribution in [0.15, 0.2) is 0 Å². The Morgan fingerprint density at radius 2 is 0.908 bits per heavy atom. The Bertz CT molecular complexity index is 1510. The SMILES string of the molecule is CC(=O)N[C@H]1[C@H](O[C@H]2[C@@H](O)[C@@H](CO)O[C@@H](O[C@@H]([C@@H](O)[C@H](O)CO)[C@H](CO)NC(C)=O)[C@@H]2O)O[C@H](CO)[C@@H](O[C@@H]2O[C@H](CO)[C@H](O)[C@H](O[C@@H]3O[C@H](CO)[C@@H](O)[C@H](O)[C@H]3NC(C)=O)[C@H]2O)[C@@H]1O. The predicted molar refractivity (Wildman–Crippen MR) is 204 cm³/mol. The van der Waals surface area contributed by atoms with E-state index in [4.69, 9.17) is 37.9 Å². The minimum Gasteiger partial charge on any atom is -0.394 e. The average molecular weight is 954 g/mol. The minimum absolute atomic E-state index is 0.735. The van der Waals surface area contributed by atoms with Crippen LogP contribution in [0.1, 0.15) is 20.8 Å². The van der Waals surface area contributed by atoms with Gasteiger partial charge in [0.25, 0.3) is 0 Å². The first-order valence-electron chi connectivity index (χ1n) is 20.5. The quantitative estimate of drug-likeness (QED) is 0.0539. The van der Waals surface area contributed by atoms with Gasteiger partial charge in [0.2, 0.25) is 17.7 Å². The Balaban J connectivity index is 1.61. The van der Waals surface area contributed by atoms with Crippen molar-refractivity contribution in [3.05, 3.63) is 0 Å². The van der Waals surface area contributed by atoms with Crippen molar-refractivity contribution in [3.8, 4) is 0 Å². The molecule has 0 aromatic rings. The molecule has 3 amide bonds. The van der Waals surface area contributed by atoms with Crippen LogP contribution in [0.2, 0.25) is 0 Å². The van der Waals surface area contributed by atoms with Gasteiger partial charge in [-0.1, -0.05) is 0 Å². The summed E-state index contributed by atoms with van der Waals surface area (Å²) < 4.78 is 45.8. The van der Waals surface area contributed by atoms with Gasteiger partial charge in [0, 0.05) is 20.8 Å². The number of hydrogen-bond donors (Lipinski definition) is 18. The third-order valence-corrected chi connectivity index (χ3v) is 11.2. The lowest BCUT2D eigenvalue weighted by Gasteiger charge is -2.50. The fourth-order valence-corrected chi connectivity index (χ4v) is 7.83. The standard InChI is InChI=1S/C36H63N3O26/c1-10(46)37-13(4-40)29(21(50)14(49)5-41)62-35-27(56)31(23(52)16(7-43)59-35)65-34-20(39-12(3)48)26(55)30(18(9-45)61-34)63-36-28(57)32(24(53)17(8-44)60-36)64-33-19(38-11(2)47)25(54)22(51)15(6-42)58-33/h13-36,40-45,49-57H,4-9H2,1-3H3,(H,37,46)(H,38,47)(H,39,48)/t13-,14+,15+,16+,17+,18+,19+,20+,21-,22+,23-,24-,25+,26+,27+,28+,29+,30+,31-,32-,33-,34-,35-,36-/m0/s1. The first-order chi connectivity index (χ1) is 30.7. The second-order valence-corrected chi connectivity index (χ2v) is 15.9. The van der Waals surface area contributed by atoms with Crippen molar-refractivity contribution in [2.24, 2.45) is 0 Å². The maximum absolute atomic E-state index is 12.5. The molecule has 4 heterocycles. The van der Waals surface area contributed by atoms with Crippen LogP contribution in [0.5, 0.6) is 0 Å². The number of amides is 3. The van der Waals surface area contributed by atoms with Gasteiger partial charge >= 0.3 is 0 Å². The van der Waals surface area contributed by atoms with Gasteiger partial charge in [-0.25, -0.2) is 0 Å². The van der Waals surface area contributed by atoms with Crippen LogP contribution >= 0.6 is 0 Å². The molecule has 4 rings (SSSR count). The first-order valence-corrected chi connectivity index (χ1v) is 20.5. The van der Waals surface area contributed by atoms with E-state index in [0.29, 0.717) is 0 Å². The molecule has 24 atom stereocenters. The molecule has 4 saturated heterocycles. The van der Waals surface area contributed by atoms with Gasteiger partial charge in [-0.05, 0) is 0 Å². The van der Waals surface area contributed by atoms with Gasteiger partial charge in [-0.15, -0.1) is 0 Å². The van der Waals surface area contributed by atoms with E-state index in [1.165, 1.54) is 0 Å². The molecule has 4 fully saturated rings. The zero-order valence-electron chi connectivity index (χ0n) is 35.3. The molecule has 0 bridgehead atoms. The van der Waals surface area contributed by atoms with Crippen molar-refractivity contribution in [3.63, 3.8) is 0 Å². The van der Waals surface area contributed by atoms with Gasteiger partial charge in [-0.2, -0.15) is 0 Å². The maximum Gasteiger partial charge on any atom is 0.217 e. The molecule has 18 N–H and O–H groups in total. The predicted octanol–water partition coefficient (Wildman–Crippen LogP) is -11.9. The van der Waals surface area contributed by atoms with Crippen LogP contribution in [-0.2, 0) is 52.3 Å². The smallest absolute Gasteiger partial charge is 0.217 e. The first kappa shape index (κ1) is 55.1. The van der Waals surface area contributed by atoms with Gasteiger partial charge in [0.05, 0.1) is 45.7 Å². The zero-order chi connectivity index (χ0) is 48.6. The lowest BCUT2D eigenvalue weighted by molar-refractivity contribution is -0.379. The molecule has 0 spiro atoms. The highest BCUT2D eigenvalue weighted by Crippen LogP contribution is 2.35. The van der Waals surface area contributed by atoms with E-state index < -0.39 is 204 Å². The minimum atomic E-state index is -2.18. The Morgan fingerprint density at radius 1 is 0.492 bits per heavy atom. The van der Waals surface area contributed by atoms with Crippen LogP contribution < -0.4 is 16.0 Å². The van der Waals surface area contributed by atoms with Crippen molar-refractivity contribution in [1.82, 2.24) is 16.0 Å². The molecule has 29 heteroatoms. The Morgan fingerprint density at radius 3 is 1.35 bits per heavy atom. The van der Waals surface area contributed by atoms with Crippen LogP contribution in [-0.4, -0.2) is 281 Å². The largest absolute Gasteiger partial charge is 0.394 e. The van der Waals surface area contributed by atoms with E-state index in [-0.39, 0.29) is 0 Å². The number of hydrogen-bond acceptors (Lipinski definition) is 26. The van der Waals surface area contributed by atoms with Gasteiger partial charge < -0.3 is 130 Å². The van der Waals surface area contributed by atoms with Gasteiger partial charge in [0.1, 0.15) is 116 Å². The molecule has 65 heavy (non-hydrogen) atoms. The van der Waals surface area contributed by atoms with Crippen molar-refractivity contribution in [2.45, 2.75) is 168 Å². The zero-order valence-corrected chi connectivity index (χ0v) is 35.3. The number of nitrogens with one attached hydrogen (secondary N) is 3. The fraction of sp³-hybridized carbons (Fsp3) is 0.917. The molecule has 0 unspecified atom stereocenters. The van der Waals surface area contributed by atoms with Gasteiger partial charge in [0.15, 0.2) is 25.2 Å². The van der Waals surface area contributed by atoms with Crippen LogP contribution in [0.3, 0.4) is 0 Å². The number of aliphatic hydroxyl groups is 15. The van der Waals surface area contributed by atoms with Crippen LogP contribution in [0, 0.1) is 0 Å². The Labute approximate surface area is 369 Å². The van der Waals surface area contributed by atoms with Crippen LogP contribution in [0.4, 0.5) is 0 Å². The normalized spacial score (nSPS) is 42.0. The molecule has 4 aliphatic rings. The summed E-state index contributed by atoms with van der Waals surface area (Å²) in [6.07, 6.45) is -39.7. The van der Waals surface area contributed by atoms with Crippen molar-refractivity contribution >= 4 is 17.7 Å². The molecule has 0 aromatic carbocycles. The summed E-state index contributed by atoms with van der Waals surface area (Å²) in [7, 11) is 0. The molecule has 0 aliphatic carbocycles. The van der Waals surface area contributed by atoms with Crippen molar-refractivity contribution < 1.29 is 129 Å². The summed E-state index contributed by atoms with van der Waals surface area (Å²) in [6, 6.07) is -4.85. The summed E-state index contributed by atoms with van der Waals surface area (Å²) in [6.45, 7) is -2.71. The van der Waals surface area contributed by atoms with Crippen molar-refractivity contribution in [1.29, 1.82) is 0 Å². The molecule has 4 aliphatic heterocycles. The number of ether oxygens (including phenoxy) is 8. The molecule has 0 aromatic heterocycles. The second kappa shape index (κ2) is 24.7. The number of rotatable bonds is 20. The topological polar surface area (TPSA) is 465 Å². The highest BCUT2D eigenvalue weighted by molar-refractivity contribution is 5.74. The maximum atomic E-state index is 12.5. The van der Waals surface area contributed by atoms with Gasteiger partial charge in [-0.3, -0.25) is 14.4 Å². The fourth-order valence-electron chi connectivity index (χ4n) is 7.83. The van der Waals surface area contributed by atoms with E-state index in [0.717, 1.165) is 20.8 Å². The summed E-state index contributed by atoms with van der Waals surface area (Å²) in [5.74, 6) is -2.33. The number of aliphatic hydroxyl groups excluding tert-OH is 15. The molecular formula is C36H63N3O26. The summed E-state index contributed by atoms with van der Waals surface area (Å²) in [4.78, 5) is 36.4. The van der Waals surface area contributed by atoms with E-state index in [9.17, 15) is 91.0 Å². The molecular weight excluding hydrogens is 890 g/mol. The summed E-state index contributed by atoms with van der Waals surface area (Å²) in [5.41, 5.74) is 0. The third-order valence-electron chi connectivity index (χ3n) is 11.2. The lowest BCUT2D eigenvalue weighted by Crippen LogP contribution is -2.70. The lowest BCUT2D eigenvalue weighted by atomic mass is 9.94. The number of carbonyl (C=O) groups is 3.